The Morgan fingerprint density at radius 2 is 2.20 bits per heavy atom. The van der Waals surface area contributed by atoms with Gasteiger partial charge in [0.15, 0.2) is 0 Å². The number of amides is 1. The highest BCUT2D eigenvalue weighted by Crippen LogP contribution is 2.31. The van der Waals surface area contributed by atoms with Gasteiger partial charge in [0.25, 0.3) is 0 Å². The Kier molecular flexibility index (Phi) is 4.11. The summed E-state index contributed by atoms with van der Waals surface area (Å²) in [7, 11) is 0. The summed E-state index contributed by atoms with van der Waals surface area (Å²) in [5.41, 5.74) is 6.54. The van der Waals surface area contributed by atoms with Gasteiger partial charge in [0, 0.05) is 6.54 Å². The number of likely N-dealkylation sites (tertiary alicyclic amines) is 1. The minimum atomic E-state index is -0.500. The first-order chi connectivity index (χ1) is 9.37. The summed E-state index contributed by atoms with van der Waals surface area (Å²) in [5, 5.41) is 7.99. The largest absolute Gasteiger partial charge is 0.444 e. The molecule has 6 nitrogen and oxygen atoms in total. The van der Waals surface area contributed by atoms with Gasteiger partial charge in [-0.3, -0.25) is 4.90 Å². The van der Waals surface area contributed by atoms with Crippen LogP contribution >= 0.6 is 0 Å². The summed E-state index contributed by atoms with van der Waals surface area (Å²) in [6, 6.07) is 1.68. The van der Waals surface area contributed by atoms with E-state index in [-0.39, 0.29) is 12.1 Å². The quantitative estimate of drug-likeness (QED) is 0.853. The summed E-state index contributed by atoms with van der Waals surface area (Å²) >= 11 is 0. The number of carbonyl (C=O) groups excluding carboxylic acids is 1. The third kappa shape index (κ3) is 3.59. The first-order valence-electron chi connectivity index (χ1n) is 6.94. The third-order valence-corrected chi connectivity index (χ3v) is 3.17. The van der Waals surface area contributed by atoms with Crippen LogP contribution in [0.5, 0.6) is 0 Å². The van der Waals surface area contributed by atoms with Gasteiger partial charge in [0.05, 0.1) is 23.6 Å². The number of nitrogen functional groups attached to an aromatic ring is 1. The molecule has 0 aromatic carbocycles. The fraction of sp³-hybridized carbons (Fsp3) is 0.643. The summed E-state index contributed by atoms with van der Waals surface area (Å²) < 4.78 is 5.47. The second kappa shape index (κ2) is 5.64. The topological polar surface area (TPSA) is 81.3 Å². The van der Waals surface area contributed by atoms with E-state index in [1.54, 1.807) is 11.0 Å². The molecule has 110 valence electrons. The van der Waals surface area contributed by atoms with Crippen molar-refractivity contribution in [2.45, 2.75) is 51.7 Å². The van der Waals surface area contributed by atoms with Crippen molar-refractivity contribution < 1.29 is 9.53 Å². The number of nitrogens with two attached hydrogens (primary N) is 1. The number of aromatic nitrogens is 2. The van der Waals surface area contributed by atoms with Crippen molar-refractivity contribution in [3.63, 3.8) is 0 Å². The number of rotatable bonds is 1. The molecule has 1 aromatic rings. The van der Waals surface area contributed by atoms with Crippen LogP contribution in [0.3, 0.4) is 0 Å². The molecule has 1 saturated heterocycles. The zero-order valence-electron chi connectivity index (χ0n) is 12.3. The minimum absolute atomic E-state index is 0.102. The summed E-state index contributed by atoms with van der Waals surface area (Å²) in [6.45, 7) is 6.27. The van der Waals surface area contributed by atoms with Gasteiger partial charge >= 0.3 is 6.09 Å². The molecule has 0 aliphatic carbocycles. The number of ether oxygens (including phenoxy) is 1. The molecule has 0 bridgehead atoms. The van der Waals surface area contributed by atoms with E-state index in [2.05, 4.69) is 10.2 Å². The summed E-state index contributed by atoms with van der Waals surface area (Å²) in [5.74, 6) is 0. The standard InChI is InChI=1S/C14H22N4O2/c1-14(2,3)20-13(19)18-7-5-4-6-12(18)11-8-10(15)9-16-17-11/h8-9,12H,4-7H2,1-3H3,(H2,15,17)/t12-/m1/s1. The van der Waals surface area contributed by atoms with Crippen LogP contribution in [-0.2, 0) is 4.74 Å². The molecule has 0 spiro atoms. The number of hydrogen-bond acceptors (Lipinski definition) is 5. The summed E-state index contributed by atoms with van der Waals surface area (Å²) in [6.07, 6.45) is 4.10. The number of piperidine rings is 1. The van der Waals surface area contributed by atoms with E-state index in [1.165, 1.54) is 6.20 Å². The van der Waals surface area contributed by atoms with E-state index < -0.39 is 5.60 Å². The number of hydrogen-bond donors (Lipinski definition) is 1. The zero-order valence-corrected chi connectivity index (χ0v) is 12.3. The van der Waals surface area contributed by atoms with Crippen LogP contribution in [0.2, 0.25) is 0 Å². The van der Waals surface area contributed by atoms with E-state index in [1.807, 2.05) is 20.8 Å². The van der Waals surface area contributed by atoms with Crippen molar-refractivity contribution in [1.29, 1.82) is 0 Å². The van der Waals surface area contributed by atoms with Crippen LogP contribution in [0.4, 0.5) is 10.5 Å². The Labute approximate surface area is 119 Å². The number of carbonyl (C=O) groups is 1. The molecule has 0 saturated carbocycles. The lowest BCUT2D eigenvalue weighted by atomic mass is 9.99. The maximum absolute atomic E-state index is 12.3. The second-order valence-corrected chi connectivity index (χ2v) is 6.10. The molecular weight excluding hydrogens is 256 g/mol. The van der Waals surface area contributed by atoms with Crippen LogP contribution in [0.15, 0.2) is 12.3 Å². The minimum Gasteiger partial charge on any atom is -0.444 e. The first kappa shape index (κ1) is 14.6. The Morgan fingerprint density at radius 3 is 2.85 bits per heavy atom. The predicted molar refractivity (Wildman–Crippen MR) is 76.0 cm³/mol. The highest BCUT2D eigenvalue weighted by Gasteiger charge is 2.32. The van der Waals surface area contributed by atoms with Gasteiger partial charge in [0.1, 0.15) is 5.60 Å². The summed E-state index contributed by atoms with van der Waals surface area (Å²) in [4.78, 5) is 14.0. The Morgan fingerprint density at radius 1 is 1.45 bits per heavy atom. The Hall–Kier alpha value is -1.85. The highest BCUT2D eigenvalue weighted by atomic mass is 16.6. The second-order valence-electron chi connectivity index (χ2n) is 6.10. The van der Waals surface area contributed by atoms with E-state index in [4.69, 9.17) is 10.5 Å². The fourth-order valence-electron chi connectivity index (χ4n) is 2.34. The predicted octanol–water partition coefficient (Wildman–Crippen LogP) is 2.52. The van der Waals surface area contributed by atoms with Crippen LogP contribution in [0.25, 0.3) is 0 Å². The van der Waals surface area contributed by atoms with Crippen LogP contribution in [-0.4, -0.2) is 33.3 Å². The van der Waals surface area contributed by atoms with Crippen molar-refractivity contribution >= 4 is 11.8 Å². The molecule has 2 N–H and O–H groups in total. The molecule has 0 radical (unpaired) electrons. The molecule has 1 fully saturated rings. The lowest BCUT2D eigenvalue weighted by Crippen LogP contribution is -2.42. The molecule has 1 atom stereocenters. The van der Waals surface area contributed by atoms with Crippen molar-refractivity contribution in [1.82, 2.24) is 15.1 Å². The van der Waals surface area contributed by atoms with Crippen molar-refractivity contribution in [2.24, 2.45) is 0 Å². The molecular formula is C14H22N4O2. The van der Waals surface area contributed by atoms with Gasteiger partial charge in [-0.05, 0) is 46.1 Å². The van der Waals surface area contributed by atoms with Gasteiger partial charge in [-0.1, -0.05) is 0 Å². The van der Waals surface area contributed by atoms with Gasteiger partial charge in [-0.2, -0.15) is 10.2 Å². The van der Waals surface area contributed by atoms with Crippen molar-refractivity contribution in [3.8, 4) is 0 Å². The monoisotopic (exact) mass is 278 g/mol. The maximum atomic E-state index is 12.3. The average Bonchev–Trinajstić information content (AvgIpc) is 2.37. The number of nitrogens with zero attached hydrogens (tertiary/aromatic N) is 3. The molecule has 2 rings (SSSR count). The lowest BCUT2D eigenvalue weighted by molar-refractivity contribution is 0.00891. The van der Waals surface area contributed by atoms with E-state index in [0.717, 1.165) is 25.0 Å². The molecule has 1 amide bonds. The fourth-order valence-corrected chi connectivity index (χ4v) is 2.34. The molecule has 2 heterocycles. The molecule has 6 heteroatoms. The van der Waals surface area contributed by atoms with Gasteiger partial charge < -0.3 is 10.5 Å². The Balaban J connectivity index is 2.19. The van der Waals surface area contributed by atoms with Crippen LogP contribution in [0.1, 0.15) is 51.8 Å². The average molecular weight is 278 g/mol. The zero-order chi connectivity index (χ0) is 14.8. The lowest BCUT2D eigenvalue weighted by Gasteiger charge is -2.36. The van der Waals surface area contributed by atoms with E-state index in [0.29, 0.717) is 12.2 Å². The molecule has 0 unspecified atom stereocenters. The normalized spacial score (nSPS) is 19.8. The van der Waals surface area contributed by atoms with Crippen molar-refractivity contribution in [3.05, 3.63) is 18.0 Å². The molecule has 20 heavy (non-hydrogen) atoms. The molecule has 1 aromatic heterocycles. The smallest absolute Gasteiger partial charge is 0.410 e. The Bertz CT molecular complexity index is 484. The SMILES string of the molecule is CC(C)(C)OC(=O)N1CCCC[C@@H]1c1cc(N)cnn1. The van der Waals surface area contributed by atoms with Crippen molar-refractivity contribution in [2.75, 3.05) is 12.3 Å². The highest BCUT2D eigenvalue weighted by molar-refractivity contribution is 5.69. The number of anilines is 1. The van der Waals surface area contributed by atoms with Gasteiger partial charge in [-0.15, -0.1) is 0 Å². The van der Waals surface area contributed by atoms with Gasteiger partial charge in [0.2, 0.25) is 0 Å². The first-order valence-corrected chi connectivity index (χ1v) is 6.94. The van der Waals surface area contributed by atoms with Crippen LogP contribution in [0, 0.1) is 0 Å². The van der Waals surface area contributed by atoms with E-state index >= 15 is 0 Å². The van der Waals surface area contributed by atoms with E-state index in [9.17, 15) is 4.79 Å². The van der Waals surface area contributed by atoms with Crippen LogP contribution < -0.4 is 5.73 Å². The molecule has 1 aliphatic heterocycles. The molecule has 1 aliphatic rings. The maximum Gasteiger partial charge on any atom is 0.410 e. The van der Waals surface area contributed by atoms with Gasteiger partial charge in [-0.25, -0.2) is 4.79 Å². The third-order valence-electron chi connectivity index (χ3n) is 3.17.